The molecule has 1 aliphatic heterocycles. The summed E-state index contributed by atoms with van der Waals surface area (Å²) in [5.41, 5.74) is 6.40. The van der Waals surface area contributed by atoms with Crippen molar-refractivity contribution in [3.8, 4) is 5.69 Å². The fraction of sp³-hybridized carbons (Fsp3) is 0.154. The SMILES string of the molecule is CC1=C(NCCCN(C)c2cc(/C=C3\Sc4ccccc4N3C)c3ccccc3[n+]2-c2ccccc2)C(=O)c2ccccc2C1=O. The number of nitrogens with zero attached hydrogens (tertiary/aromatic N) is 3. The number of hydrogen-bond donors (Lipinski definition) is 1. The molecule has 7 rings (SSSR count). The van der Waals surface area contributed by atoms with Gasteiger partial charge in [0.05, 0.1) is 30.0 Å². The summed E-state index contributed by atoms with van der Waals surface area (Å²) in [6, 6.07) is 36.9. The molecule has 0 unspecified atom stereocenters. The number of thioether (sulfide) groups is 1. The highest BCUT2D eigenvalue weighted by Crippen LogP contribution is 2.45. The van der Waals surface area contributed by atoms with E-state index >= 15 is 0 Å². The maximum Gasteiger partial charge on any atom is 0.282 e. The second-order valence-electron chi connectivity index (χ2n) is 11.7. The van der Waals surface area contributed by atoms with Gasteiger partial charge in [0, 0.05) is 53.1 Å². The number of benzene rings is 4. The third kappa shape index (κ3) is 5.26. The summed E-state index contributed by atoms with van der Waals surface area (Å²) in [6.07, 6.45) is 3.06. The molecule has 2 heterocycles. The van der Waals surface area contributed by atoms with Crippen LogP contribution in [-0.2, 0) is 0 Å². The van der Waals surface area contributed by atoms with Crippen LogP contribution in [0, 0.1) is 0 Å². The Kier molecular flexibility index (Phi) is 7.93. The molecule has 1 aromatic heterocycles. The highest BCUT2D eigenvalue weighted by Gasteiger charge is 2.30. The maximum absolute atomic E-state index is 13.2. The largest absolute Gasteiger partial charge is 0.381 e. The summed E-state index contributed by atoms with van der Waals surface area (Å²) < 4.78 is 2.32. The number of pyridine rings is 1. The van der Waals surface area contributed by atoms with E-state index in [0.717, 1.165) is 35.6 Å². The molecule has 1 N–H and O–H groups in total. The minimum Gasteiger partial charge on any atom is -0.381 e. The molecule has 0 atom stereocenters. The molecule has 0 saturated carbocycles. The molecular weight excluding hydrogens is 589 g/mol. The van der Waals surface area contributed by atoms with Crippen molar-refractivity contribution in [2.75, 3.05) is 37.0 Å². The zero-order valence-electron chi connectivity index (χ0n) is 26.2. The van der Waals surface area contributed by atoms with Gasteiger partial charge in [0.2, 0.25) is 5.78 Å². The van der Waals surface area contributed by atoms with E-state index in [-0.39, 0.29) is 11.6 Å². The van der Waals surface area contributed by atoms with Gasteiger partial charge in [-0.1, -0.05) is 84.6 Å². The molecule has 46 heavy (non-hydrogen) atoms. The van der Waals surface area contributed by atoms with E-state index in [4.69, 9.17) is 0 Å². The first kappa shape index (κ1) is 29.6. The first-order valence-corrected chi connectivity index (χ1v) is 16.3. The standard InChI is InChI=1S/C39H34N4O2S/c1-26-37(39(45)31-18-8-7-17-30(31)38(26)44)40-22-13-23-41(2)35-24-27(25-36-42(3)33-20-11-12-21-34(33)46-36)29-16-9-10-19-32(29)43(35)28-14-5-4-6-15-28/h4-12,14-21,24-25H,13,22-23H2,1-3H3/p+1. The van der Waals surface area contributed by atoms with Crippen molar-refractivity contribution >= 4 is 51.8 Å². The Balaban J connectivity index is 1.20. The monoisotopic (exact) mass is 623 g/mol. The third-order valence-corrected chi connectivity index (χ3v) is 9.92. The fourth-order valence-electron chi connectivity index (χ4n) is 6.30. The number of rotatable bonds is 8. The van der Waals surface area contributed by atoms with E-state index in [1.54, 1.807) is 43.0 Å². The van der Waals surface area contributed by atoms with Crippen molar-refractivity contribution in [2.24, 2.45) is 0 Å². The van der Waals surface area contributed by atoms with Gasteiger partial charge in [-0.05, 0) is 48.9 Å². The normalized spacial score (nSPS) is 15.0. The average molecular weight is 624 g/mol. The lowest BCUT2D eigenvalue weighted by atomic mass is 9.88. The second-order valence-corrected chi connectivity index (χ2v) is 12.7. The Bertz CT molecular complexity index is 2070. The third-order valence-electron chi connectivity index (χ3n) is 8.76. The molecule has 1 aliphatic carbocycles. The first-order valence-electron chi connectivity index (χ1n) is 15.5. The van der Waals surface area contributed by atoms with Crippen molar-refractivity contribution < 1.29 is 14.2 Å². The molecule has 5 aromatic rings. The number of aromatic nitrogens is 1. The van der Waals surface area contributed by atoms with Gasteiger partial charge in [-0.3, -0.25) is 14.5 Å². The van der Waals surface area contributed by atoms with Crippen LogP contribution in [0.2, 0.25) is 0 Å². The van der Waals surface area contributed by atoms with Gasteiger partial charge in [-0.15, -0.1) is 0 Å². The van der Waals surface area contributed by atoms with Gasteiger partial charge >= 0.3 is 0 Å². The second kappa shape index (κ2) is 12.3. The summed E-state index contributed by atoms with van der Waals surface area (Å²) in [4.78, 5) is 32.0. The number of nitrogens with one attached hydrogen (secondary N) is 1. The molecule has 7 heteroatoms. The quantitative estimate of drug-likeness (QED) is 0.143. The number of carbonyl (C=O) groups excluding carboxylic acids is 2. The molecule has 2 aliphatic rings. The number of allylic oxidation sites excluding steroid dienone is 2. The predicted molar refractivity (Wildman–Crippen MR) is 188 cm³/mol. The van der Waals surface area contributed by atoms with Gasteiger partial charge in [0.25, 0.3) is 5.82 Å². The van der Waals surface area contributed by atoms with E-state index in [1.807, 2.05) is 6.07 Å². The molecule has 228 valence electrons. The van der Waals surface area contributed by atoms with Crippen molar-refractivity contribution in [2.45, 2.75) is 18.2 Å². The summed E-state index contributed by atoms with van der Waals surface area (Å²) >= 11 is 1.79. The Morgan fingerprint density at radius 2 is 1.52 bits per heavy atom. The fourth-order valence-corrected chi connectivity index (χ4v) is 7.41. The summed E-state index contributed by atoms with van der Waals surface area (Å²) in [5, 5.41) is 5.66. The Morgan fingerprint density at radius 3 is 2.30 bits per heavy atom. The van der Waals surface area contributed by atoms with Crippen molar-refractivity contribution in [3.63, 3.8) is 0 Å². The molecule has 4 aromatic carbocycles. The number of fused-ring (bicyclic) bond motifs is 3. The highest BCUT2D eigenvalue weighted by molar-refractivity contribution is 8.03. The van der Waals surface area contributed by atoms with Crippen molar-refractivity contribution in [1.82, 2.24) is 5.32 Å². The number of para-hydroxylation sites is 3. The van der Waals surface area contributed by atoms with Crippen LogP contribution in [0.5, 0.6) is 0 Å². The number of ketones is 2. The number of anilines is 2. The summed E-state index contributed by atoms with van der Waals surface area (Å²) in [6.45, 7) is 3.03. The van der Waals surface area contributed by atoms with Crippen LogP contribution in [0.3, 0.4) is 0 Å². The van der Waals surface area contributed by atoms with Crippen molar-refractivity contribution in [1.29, 1.82) is 0 Å². The smallest absolute Gasteiger partial charge is 0.282 e. The lowest BCUT2D eigenvalue weighted by Crippen LogP contribution is -2.40. The Labute approximate surface area is 273 Å². The van der Waals surface area contributed by atoms with Crippen LogP contribution in [0.4, 0.5) is 11.5 Å². The molecule has 0 fully saturated rings. The van der Waals surface area contributed by atoms with Crippen LogP contribution in [0.25, 0.3) is 22.7 Å². The van der Waals surface area contributed by atoms with Gasteiger partial charge in [0.1, 0.15) is 11.2 Å². The maximum atomic E-state index is 13.2. The molecule has 0 radical (unpaired) electrons. The molecule has 0 spiro atoms. The zero-order valence-corrected chi connectivity index (χ0v) is 27.0. The molecule has 0 saturated heterocycles. The van der Waals surface area contributed by atoms with Gasteiger partial charge < -0.3 is 10.2 Å². The van der Waals surface area contributed by atoms with E-state index in [2.05, 4.69) is 119 Å². The summed E-state index contributed by atoms with van der Waals surface area (Å²) in [5.74, 6) is 0.853. The van der Waals surface area contributed by atoms with Crippen LogP contribution in [0.1, 0.15) is 39.6 Å². The van der Waals surface area contributed by atoms with Crippen molar-refractivity contribution in [3.05, 3.63) is 142 Å². The van der Waals surface area contributed by atoms with E-state index < -0.39 is 0 Å². The highest BCUT2D eigenvalue weighted by atomic mass is 32.2. The van der Waals surface area contributed by atoms with E-state index in [9.17, 15) is 9.59 Å². The summed E-state index contributed by atoms with van der Waals surface area (Å²) in [7, 11) is 4.24. The van der Waals surface area contributed by atoms with E-state index in [1.165, 1.54) is 21.0 Å². The van der Waals surface area contributed by atoms with Gasteiger partial charge in [-0.25, -0.2) is 0 Å². The van der Waals surface area contributed by atoms with Crippen LogP contribution < -0.4 is 19.7 Å². The first-order chi connectivity index (χ1) is 22.4. The van der Waals surface area contributed by atoms with Gasteiger partial charge in [-0.2, -0.15) is 4.57 Å². The number of hydrogen-bond acceptors (Lipinski definition) is 6. The lowest BCUT2D eigenvalue weighted by Gasteiger charge is -2.21. The molecule has 6 nitrogen and oxygen atoms in total. The zero-order chi connectivity index (χ0) is 31.8. The topological polar surface area (TPSA) is 56.5 Å². The lowest BCUT2D eigenvalue weighted by molar-refractivity contribution is -0.553. The molecule has 0 amide bonds. The number of Topliss-reactive ketones (excluding diaryl/α,β-unsaturated/α-hetero) is 2. The Hall–Kier alpha value is -5.14. The average Bonchev–Trinajstić information content (AvgIpc) is 3.41. The molecular formula is C39H35N4O2S+. The Morgan fingerprint density at radius 1 is 0.848 bits per heavy atom. The molecule has 0 bridgehead atoms. The van der Waals surface area contributed by atoms with Crippen LogP contribution >= 0.6 is 11.8 Å². The van der Waals surface area contributed by atoms with Crippen LogP contribution in [-0.4, -0.2) is 38.8 Å². The van der Waals surface area contributed by atoms with E-state index in [0.29, 0.717) is 28.9 Å². The van der Waals surface area contributed by atoms with Crippen LogP contribution in [0.15, 0.2) is 130 Å². The minimum atomic E-state index is -0.118. The minimum absolute atomic E-state index is 0.0919. The number of carbonyl (C=O) groups is 2. The predicted octanol–water partition coefficient (Wildman–Crippen LogP) is 7.43. The van der Waals surface area contributed by atoms with Gasteiger partial charge in [0.15, 0.2) is 5.78 Å².